The minimum atomic E-state index is -0.466. The Hall–Kier alpha value is -1.65. The molecule has 0 saturated carbocycles. The minimum Gasteiger partial charge on any atom is -0.368 e. The average molecular weight is 208 g/mol. The monoisotopic (exact) mass is 208 g/mol. The summed E-state index contributed by atoms with van der Waals surface area (Å²) < 4.78 is 0. The predicted molar refractivity (Wildman–Crippen MR) is 58.4 cm³/mol. The molecule has 0 aliphatic heterocycles. The van der Waals surface area contributed by atoms with Gasteiger partial charge >= 0.3 is 0 Å². The first-order valence-electron chi connectivity index (χ1n) is 4.78. The van der Waals surface area contributed by atoms with Crippen LogP contribution in [-0.4, -0.2) is 29.5 Å². The summed E-state index contributed by atoms with van der Waals surface area (Å²) in [7, 11) is 1.63. The van der Waals surface area contributed by atoms with Crippen molar-refractivity contribution in [1.29, 1.82) is 0 Å². The lowest BCUT2D eigenvalue weighted by Gasteiger charge is -2.22. The third-order valence-electron chi connectivity index (χ3n) is 2.12. The van der Waals surface area contributed by atoms with Gasteiger partial charge in [-0.25, -0.2) is 4.98 Å². The third kappa shape index (κ3) is 3.19. The van der Waals surface area contributed by atoms with Gasteiger partial charge in [-0.15, -0.1) is 0 Å². The van der Waals surface area contributed by atoms with Crippen LogP contribution in [0.5, 0.6) is 0 Å². The second-order valence-corrected chi connectivity index (χ2v) is 3.91. The van der Waals surface area contributed by atoms with Crippen LogP contribution < -0.4 is 10.6 Å². The maximum absolute atomic E-state index is 11.5. The van der Waals surface area contributed by atoms with Gasteiger partial charge in [-0.05, 0) is 13.8 Å². The van der Waals surface area contributed by atoms with Gasteiger partial charge in [0.15, 0.2) is 0 Å². The number of hydrogen-bond donors (Lipinski definition) is 2. The molecule has 0 radical (unpaired) electrons. The Morgan fingerprint density at radius 2 is 2.20 bits per heavy atom. The van der Waals surface area contributed by atoms with Gasteiger partial charge in [0.25, 0.3) is 0 Å². The lowest BCUT2D eigenvalue weighted by molar-refractivity contribution is -0.128. The van der Waals surface area contributed by atoms with Crippen LogP contribution in [-0.2, 0) is 4.79 Å². The highest BCUT2D eigenvalue weighted by Crippen LogP contribution is 2.15. The van der Waals surface area contributed by atoms with E-state index >= 15 is 0 Å². The number of aromatic nitrogens is 2. The molecule has 0 aromatic carbocycles. The van der Waals surface area contributed by atoms with Crippen LogP contribution in [0, 0.1) is 5.41 Å². The molecule has 1 aromatic heterocycles. The number of amides is 1. The fourth-order valence-electron chi connectivity index (χ4n) is 1.12. The molecule has 1 amide bonds. The first-order chi connectivity index (χ1) is 7.06. The van der Waals surface area contributed by atoms with Crippen LogP contribution in [0.4, 0.5) is 5.82 Å². The highest BCUT2D eigenvalue weighted by atomic mass is 16.2. The second kappa shape index (κ2) is 4.72. The zero-order valence-electron chi connectivity index (χ0n) is 9.24. The summed E-state index contributed by atoms with van der Waals surface area (Å²) in [6.07, 6.45) is 4.84. The maximum atomic E-state index is 11.5. The van der Waals surface area contributed by atoms with E-state index in [0.29, 0.717) is 12.4 Å². The van der Waals surface area contributed by atoms with Gasteiger partial charge in [0, 0.05) is 26.0 Å². The van der Waals surface area contributed by atoms with Crippen molar-refractivity contribution in [2.45, 2.75) is 13.8 Å². The lowest BCUT2D eigenvalue weighted by atomic mass is 9.92. The van der Waals surface area contributed by atoms with E-state index in [4.69, 9.17) is 0 Å². The number of carbonyl (C=O) groups excluding carboxylic acids is 1. The van der Waals surface area contributed by atoms with Crippen LogP contribution in [0.25, 0.3) is 0 Å². The van der Waals surface area contributed by atoms with E-state index in [9.17, 15) is 4.79 Å². The molecule has 1 heterocycles. The van der Waals surface area contributed by atoms with Crippen molar-refractivity contribution in [3.63, 3.8) is 0 Å². The predicted octanol–water partition coefficient (Wildman–Crippen LogP) is 0.661. The fraction of sp³-hybridized carbons (Fsp3) is 0.500. The molecule has 5 nitrogen and oxygen atoms in total. The van der Waals surface area contributed by atoms with Crippen molar-refractivity contribution in [2.75, 3.05) is 18.9 Å². The molecule has 1 aromatic rings. The average Bonchev–Trinajstić information content (AvgIpc) is 2.27. The van der Waals surface area contributed by atoms with Crippen molar-refractivity contribution >= 4 is 11.7 Å². The van der Waals surface area contributed by atoms with Gasteiger partial charge in [-0.1, -0.05) is 0 Å². The molecule has 5 heteroatoms. The third-order valence-corrected chi connectivity index (χ3v) is 2.12. The SMILES string of the molecule is CNC(=O)C(C)(C)CNc1cnccn1. The molecule has 0 aliphatic carbocycles. The number of carbonyl (C=O) groups is 1. The number of hydrogen-bond acceptors (Lipinski definition) is 4. The highest BCUT2D eigenvalue weighted by Gasteiger charge is 2.26. The molecular formula is C10H16N4O. The minimum absolute atomic E-state index is 0.00103. The molecule has 82 valence electrons. The van der Waals surface area contributed by atoms with E-state index in [0.717, 1.165) is 0 Å². The fourth-order valence-corrected chi connectivity index (χ4v) is 1.12. The van der Waals surface area contributed by atoms with Crippen LogP contribution >= 0.6 is 0 Å². The van der Waals surface area contributed by atoms with E-state index in [1.54, 1.807) is 25.6 Å². The van der Waals surface area contributed by atoms with Gasteiger partial charge in [-0.2, -0.15) is 0 Å². The van der Waals surface area contributed by atoms with E-state index in [-0.39, 0.29) is 5.91 Å². The molecule has 2 N–H and O–H groups in total. The van der Waals surface area contributed by atoms with Gasteiger partial charge in [0.05, 0.1) is 11.6 Å². The summed E-state index contributed by atoms with van der Waals surface area (Å²) in [4.78, 5) is 19.5. The van der Waals surface area contributed by atoms with Crippen molar-refractivity contribution in [1.82, 2.24) is 15.3 Å². The van der Waals surface area contributed by atoms with Crippen LogP contribution in [0.3, 0.4) is 0 Å². The summed E-state index contributed by atoms with van der Waals surface area (Å²) >= 11 is 0. The van der Waals surface area contributed by atoms with Crippen molar-refractivity contribution in [2.24, 2.45) is 5.41 Å². The molecule has 0 spiro atoms. The second-order valence-electron chi connectivity index (χ2n) is 3.91. The number of nitrogens with one attached hydrogen (secondary N) is 2. The summed E-state index contributed by atoms with van der Waals surface area (Å²) in [5.41, 5.74) is -0.466. The Bertz CT molecular complexity index is 323. The molecule has 1 rings (SSSR count). The first kappa shape index (κ1) is 11.4. The Morgan fingerprint density at radius 3 is 2.73 bits per heavy atom. The van der Waals surface area contributed by atoms with E-state index < -0.39 is 5.41 Å². The summed E-state index contributed by atoms with van der Waals surface area (Å²) in [5, 5.41) is 5.69. The normalized spacial score (nSPS) is 10.9. The number of rotatable bonds is 4. The molecule has 15 heavy (non-hydrogen) atoms. The molecular weight excluding hydrogens is 192 g/mol. The topological polar surface area (TPSA) is 66.9 Å². The molecule has 0 aliphatic rings. The van der Waals surface area contributed by atoms with E-state index in [1.807, 2.05) is 13.8 Å². The molecule has 0 saturated heterocycles. The van der Waals surface area contributed by atoms with Gasteiger partial charge in [0.2, 0.25) is 5.91 Å². The summed E-state index contributed by atoms with van der Waals surface area (Å²) in [5.74, 6) is 0.674. The lowest BCUT2D eigenvalue weighted by Crippen LogP contribution is -2.39. The zero-order valence-corrected chi connectivity index (χ0v) is 9.24. The Morgan fingerprint density at radius 1 is 1.47 bits per heavy atom. The van der Waals surface area contributed by atoms with Crippen LogP contribution in [0.1, 0.15) is 13.8 Å². The molecule has 0 fully saturated rings. The quantitative estimate of drug-likeness (QED) is 0.762. The molecule has 0 unspecified atom stereocenters. The maximum Gasteiger partial charge on any atom is 0.227 e. The smallest absolute Gasteiger partial charge is 0.227 e. The zero-order chi connectivity index (χ0) is 11.3. The molecule has 0 bridgehead atoms. The van der Waals surface area contributed by atoms with Crippen molar-refractivity contribution in [3.05, 3.63) is 18.6 Å². The number of anilines is 1. The Labute approximate surface area is 89.3 Å². The summed E-state index contributed by atoms with van der Waals surface area (Å²) in [6.45, 7) is 4.26. The Kier molecular flexibility index (Phi) is 3.60. The van der Waals surface area contributed by atoms with Crippen LogP contribution in [0.15, 0.2) is 18.6 Å². The largest absolute Gasteiger partial charge is 0.368 e. The standard InChI is InChI=1S/C10H16N4O/c1-10(2,9(15)11-3)7-14-8-6-12-4-5-13-8/h4-6H,7H2,1-3H3,(H,11,15)(H,13,14). The van der Waals surface area contributed by atoms with E-state index in [1.165, 1.54) is 0 Å². The van der Waals surface area contributed by atoms with Crippen molar-refractivity contribution < 1.29 is 4.79 Å². The number of nitrogens with zero attached hydrogens (tertiary/aromatic N) is 2. The van der Waals surface area contributed by atoms with Gasteiger partial charge < -0.3 is 10.6 Å². The van der Waals surface area contributed by atoms with Crippen LogP contribution in [0.2, 0.25) is 0 Å². The van der Waals surface area contributed by atoms with E-state index in [2.05, 4.69) is 20.6 Å². The van der Waals surface area contributed by atoms with Gasteiger partial charge in [-0.3, -0.25) is 9.78 Å². The highest BCUT2D eigenvalue weighted by molar-refractivity contribution is 5.82. The molecule has 0 atom stereocenters. The first-order valence-corrected chi connectivity index (χ1v) is 4.78. The summed E-state index contributed by atoms with van der Waals surface area (Å²) in [6, 6.07) is 0. The van der Waals surface area contributed by atoms with Gasteiger partial charge in [0.1, 0.15) is 5.82 Å². The van der Waals surface area contributed by atoms with Crippen molar-refractivity contribution in [3.8, 4) is 0 Å². The Balaban J connectivity index is 2.53.